The van der Waals surface area contributed by atoms with Crippen molar-refractivity contribution in [3.8, 4) is 0 Å². The van der Waals surface area contributed by atoms with E-state index >= 15 is 0 Å². The predicted molar refractivity (Wildman–Crippen MR) is 32.5 cm³/mol. The van der Waals surface area contributed by atoms with E-state index in [1.807, 2.05) is 13.0 Å². The Balaban J connectivity index is 3.38. The summed E-state index contributed by atoms with van der Waals surface area (Å²) in [6, 6.07) is 0. The molecule has 0 aliphatic carbocycles. The smallest absolute Gasteiger partial charge is 0.0642 e. The molecule has 0 heterocycles. The van der Waals surface area contributed by atoms with Gasteiger partial charge in [-0.1, -0.05) is 6.08 Å². The Labute approximate surface area is 49.5 Å². The number of hydrogen-bond donors (Lipinski definition) is 2. The summed E-state index contributed by atoms with van der Waals surface area (Å²) in [6.45, 7) is 2.04. The fourth-order valence-electron chi connectivity index (χ4n) is 0.458. The molecular weight excluding hydrogens is 104 g/mol. The van der Waals surface area contributed by atoms with Crippen LogP contribution in [0.3, 0.4) is 0 Å². The van der Waals surface area contributed by atoms with E-state index in [1.54, 1.807) is 0 Å². The van der Waals surface area contributed by atoms with Crippen molar-refractivity contribution in [2.45, 2.75) is 13.3 Å². The Morgan fingerprint density at radius 2 is 2.12 bits per heavy atom. The number of hydrogen-bond acceptors (Lipinski definition) is 2. The lowest BCUT2D eigenvalue weighted by Crippen LogP contribution is -1.92. The Morgan fingerprint density at radius 1 is 1.50 bits per heavy atom. The van der Waals surface area contributed by atoms with Crippen LogP contribution in [0.15, 0.2) is 11.6 Å². The highest BCUT2D eigenvalue weighted by Crippen LogP contribution is 1.96. The Kier molecular flexibility index (Phi) is 4.61. The quantitative estimate of drug-likeness (QED) is 0.521. The second-order valence-corrected chi connectivity index (χ2v) is 1.58. The summed E-state index contributed by atoms with van der Waals surface area (Å²) in [6.07, 6.45) is 2.41. The minimum Gasteiger partial charge on any atom is -0.396 e. The van der Waals surface area contributed by atoms with E-state index in [2.05, 4.69) is 0 Å². The van der Waals surface area contributed by atoms with Crippen LogP contribution in [0.4, 0.5) is 0 Å². The normalized spacial score (nSPS) is 12.1. The molecule has 2 heteroatoms. The maximum absolute atomic E-state index is 8.48. The fraction of sp³-hybridized carbons (Fsp3) is 0.667. The molecule has 0 radical (unpaired) electrons. The van der Waals surface area contributed by atoms with Crippen LogP contribution in [0.5, 0.6) is 0 Å². The van der Waals surface area contributed by atoms with Gasteiger partial charge >= 0.3 is 0 Å². The van der Waals surface area contributed by atoms with Crippen LogP contribution in [-0.4, -0.2) is 23.4 Å². The molecule has 8 heavy (non-hydrogen) atoms. The van der Waals surface area contributed by atoms with Crippen LogP contribution in [0, 0.1) is 0 Å². The lowest BCUT2D eigenvalue weighted by molar-refractivity contribution is 0.278. The summed E-state index contributed by atoms with van der Waals surface area (Å²) in [5.41, 5.74) is 0.896. The van der Waals surface area contributed by atoms with Crippen molar-refractivity contribution < 1.29 is 10.2 Å². The van der Waals surface area contributed by atoms with Crippen LogP contribution in [0.25, 0.3) is 0 Å². The van der Waals surface area contributed by atoms with E-state index in [9.17, 15) is 0 Å². The topological polar surface area (TPSA) is 40.5 Å². The first kappa shape index (κ1) is 7.66. The number of aliphatic hydroxyl groups excluding tert-OH is 2. The average Bonchev–Trinajstić information content (AvgIpc) is 1.83. The third kappa shape index (κ3) is 2.77. The molecule has 0 saturated carbocycles. The molecule has 0 unspecified atom stereocenters. The molecule has 0 rings (SSSR count). The molecule has 0 aliphatic rings. The van der Waals surface area contributed by atoms with Gasteiger partial charge in [-0.15, -0.1) is 0 Å². The molecule has 0 amide bonds. The summed E-state index contributed by atoms with van der Waals surface area (Å²) in [7, 11) is 0. The van der Waals surface area contributed by atoms with Crippen LogP contribution in [0.1, 0.15) is 13.3 Å². The van der Waals surface area contributed by atoms with E-state index in [0.717, 1.165) is 5.57 Å². The summed E-state index contributed by atoms with van der Waals surface area (Å²) in [5.74, 6) is 0. The molecule has 0 aromatic rings. The van der Waals surface area contributed by atoms with Crippen LogP contribution in [0.2, 0.25) is 0 Å². The predicted octanol–water partition coefficient (Wildman–Crippen LogP) is 0.307. The molecule has 0 saturated heterocycles. The van der Waals surface area contributed by atoms with Gasteiger partial charge in [0.15, 0.2) is 0 Å². The SMILES string of the molecule is C/C=C(/CO)CCO. The van der Waals surface area contributed by atoms with Crippen LogP contribution in [-0.2, 0) is 0 Å². The largest absolute Gasteiger partial charge is 0.396 e. The summed E-state index contributed by atoms with van der Waals surface area (Å²) in [4.78, 5) is 0. The lowest BCUT2D eigenvalue weighted by atomic mass is 10.2. The van der Waals surface area contributed by atoms with Gasteiger partial charge in [0, 0.05) is 6.61 Å². The van der Waals surface area contributed by atoms with E-state index in [1.165, 1.54) is 0 Å². The van der Waals surface area contributed by atoms with Gasteiger partial charge in [0.1, 0.15) is 0 Å². The first-order valence-electron chi connectivity index (χ1n) is 2.71. The molecule has 0 bridgehead atoms. The number of allylic oxidation sites excluding steroid dienone is 1. The zero-order valence-electron chi connectivity index (χ0n) is 5.09. The highest BCUT2D eigenvalue weighted by molar-refractivity contribution is 4.99. The number of rotatable bonds is 3. The molecule has 2 N–H and O–H groups in total. The van der Waals surface area contributed by atoms with Gasteiger partial charge in [-0.3, -0.25) is 0 Å². The fourth-order valence-corrected chi connectivity index (χ4v) is 0.458. The van der Waals surface area contributed by atoms with Crippen molar-refractivity contribution in [2.24, 2.45) is 0 Å². The highest BCUT2D eigenvalue weighted by Gasteiger charge is 1.88. The molecule has 0 aliphatic heterocycles. The van der Waals surface area contributed by atoms with E-state index < -0.39 is 0 Å². The van der Waals surface area contributed by atoms with Gasteiger partial charge in [-0.05, 0) is 18.9 Å². The second-order valence-electron chi connectivity index (χ2n) is 1.58. The zero-order chi connectivity index (χ0) is 6.41. The molecule has 0 aromatic heterocycles. The molecule has 0 aromatic carbocycles. The summed E-state index contributed by atoms with van der Waals surface area (Å²) < 4.78 is 0. The van der Waals surface area contributed by atoms with E-state index in [0.29, 0.717) is 6.42 Å². The second kappa shape index (κ2) is 4.81. The third-order valence-electron chi connectivity index (χ3n) is 1.04. The molecule has 0 spiro atoms. The Hall–Kier alpha value is -0.340. The van der Waals surface area contributed by atoms with E-state index in [4.69, 9.17) is 10.2 Å². The van der Waals surface area contributed by atoms with Gasteiger partial charge in [0.25, 0.3) is 0 Å². The first-order chi connectivity index (χ1) is 3.85. The van der Waals surface area contributed by atoms with Crippen molar-refractivity contribution >= 4 is 0 Å². The Morgan fingerprint density at radius 3 is 2.25 bits per heavy atom. The third-order valence-corrected chi connectivity index (χ3v) is 1.04. The van der Waals surface area contributed by atoms with Gasteiger partial charge < -0.3 is 10.2 Å². The molecule has 0 fully saturated rings. The highest BCUT2D eigenvalue weighted by atomic mass is 16.3. The molecule has 0 atom stereocenters. The van der Waals surface area contributed by atoms with E-state index in [-0.39, 0.29) is 13.2 Å². The van der Waals surface area contributed by atoms with Crippen LogP contribution >= 0.6 is 0 Å². The zero-order valence-corrected chi connectivity index (χ0v) is 5.09. The summed E-state index contributed by atoms with van der Waals surface area (Å²) in [5, 5.41) is 16.8. The first-order valence-corrected chi connectivity index (χ1v) is 2.71. The maximum atomic E-state index is 8.48. The van der Waals surface area contributed by atoms with Crippen molar-refractivity contribution in [2.75, 3.05) is 13.2 Å². The molecule has 2 nitrogen and oxygen atoms in total. The van der Waals surface area contributed by atoms with Crippen molar-refractivity contribution in [1.29, 1.82) is 0 Å². The average molecular weight is 116 g/mol. The van der Waals surface area contributed by atoms with Gasteiger partial charge in [-0.2, -0.15) is 0 Å². The maximum Gasteiger partial charge on any atom is 0.0642 e. The van der Waals surface area contributed by atoms with Crippen molar-refractivity contribution in [3.63, 3.8) is 0 Å². The van der Waals surface area contributed by atoms with Crippen LogP contribution < -0.4 is 0 Å². The van der Waals surface area contributed by atoms with Gasteiger partial charge in [0.05, 0.1) is 6.61 Å². The minimum absolute atomic E-state index is 0.0665. The van der Waals surface area contributed by atoms with Gasteiger partial charge in [-0.25, -0.2) is 0 Å². The van der Waals surface area contributed by atoms with Crippen molar-refractivity contribution in [1.82, 2.24) is 0 Å². The molecule has 48 valence electrons. The monoisotopic (exact) mass is 116 g/mol. The summed E-state index contributed by atoms with van der Waals surface area (Å²) >= 11 is 0. The number of aliphatic hydroxyl groups is 2. The molecular formula is C6H12O2. The minimum atomic E-state index is 0.0665. The standard InChI is InChI=1S/C6H12O2/c1-2-6(5-8)3-4-7/h2,7-8H,3-5H2,1H3/b6-2+. The Bertz CT molecular complexity index is 76.6. The van der Waals surface area contributed by atoms with Crippen molar-refractivity contribution in [3.05, 3.63) is 11.6 Å². The lowest BCUT2D eigenvalue weighted by Gasteiger charge is -1.96. The van der Waals surface area contributed by atoms with Gasteiger partial charge in [0.2, 0.25) is 0 Å².